The van der Waals surface area contributed by atoms with Crippen molar-refractivity contribution in [2.75, 3.05) is 26.4 Å². The zero-order valence-corrected chi connectivity index (χ0v) is 20.9. The molecule has 3 saturated heterocycles. The lowest BCUT2D eigenvalue weighted by atomic mass is 9.74. The minimum Gasteiger partial charge on any atom is -0.454 e. The number of benzene rings is 3. The Morgan fingerprint density at radius 1 is 1.03 bits per heavy atom. The van der Waals surface area contributed by atoms with Crippen molar-refractivity contribution in [3.05, 3.63) is 78.0 Å². The topological polar surface area (TPSA) is 68.6 Å². The molecule has 1 unspecified atom stereocenters. The Morgan fingerprint density at radius 2 is 1.89 bits per heavy atom. The second kappa shape index (κ2) is 8.92. The van der Waals surface area contributed by atoms with Crippen molar-refractivity contribution in [1.82, 2.24) is 20.0 Å². The van der Waals surface area contributed by atoms with Crippen molar-refractivity contribution in [2.45, 2.75) is 24.8 Å². The fourth-order valence-corrected chi connectivity index (χ4v) is 6.35. The van der Waals surface area contributed by atoms with Crippen LogP contribution in [0.1, 0.15) is 34.8 Å². The van der Waals surface area contributed by atoms with Crippen LogP contribution in [0.5, 0.6) is 11.5 Å². The number of carbonyl (C=O) groups excluding carboxylic acids is 1. The Morgan fingerprint density at radius 3 is 2.76 bits per heavy atom. The summed E-state index contributed by atoms with van der Waals surface area (Å²) in [5, 5.41) is 10.5. The number of carbonyl (C=O) groups is 1. The molecule has 188 valence electrons. The highest BCUT2D eigenvalue weighted by molar-refractivity contribution is 5.95. The molecule has 8 rings (SSSR count). The molecule has 0 radical (unpaired) electrons. The van der Waals surface area contributed by atoms with Crippen molar-refractivity contribution in [3.8, 4) is 22.8 Å². The van der Waals surface area contributed by atoms with Gasteiger partial charge in [-0.05, 0) is 66.4 Å². The average molecular weight is 495 g/mol. The second-order valence-corrected chi connectivity index (χ2v) is 10.5. The lowest BCUT2D eigenvalue weighted by molar-refractivity contribution is 0.0280. The van der Waals surface area contributed by atoms with Gasteiger partial charge in [-0.2, -0.15) is 5.10 Å². The Labute approximate surface area is 216 Å². The molecular formula is C30H30N4O3. The second-order valence-electron chi connectivity index (χ2n) is 10.5. The van der Waals surface area contributed by atoms with Gasteiger partial charge in [-0.15, -0.1) is 0 Å². The van der Waals surface area contributed by atoms with Crippen molar-refractivity contribution < 1.29 is 14.3 Å². The molecule has 1 N–H and O–H groups in total. The quantitative estimate of drug-likeness (QED) is 0.440. The minimum atomic E-state index is -0.0656. The Bertz CT molecular complexity index is 1500. The third-order valence-electron chi connectivity index (χ3n) is 8.35. The highest BCUT2D eigenvalue weighted by atomic mass is 16.7. The van der Waals surface area contributed by atoms with Crippen LogP contribution in [0.2, 0.25) is 0 Å². The molecule has 4 aliphatic rings. The monoisotopic (exact) mass is 494 g/mol. The molecule has 37 heavy (non-hydrogen) atoms. The number of fused-ring (bicyclic) bond motifs is 5. The molecule has 0 aliphatic carbocycles. The van der Waals surface area contributed by atoms with E-state index in [0.717, 1.165) is 30.8 Å². The van der Waals surface area contributed by atoms with Gasteiger partial charge in [0.2, 0.25) is 6.79 Å². The zero-order valence-electron chi connectivity index (χ0n) is 20.9. The van der Waals surface area contributed by atoms with Gasteiger partial charge in [-0.25, -0.2) is 0 Å². The third-order valence-corrected chi connectivity index (χ3v) is 8.35. The summed E-state index contributed by atoms with van der Waals surface area (Å²) in [4.78, 5) is 15.4. The standard InChI is InChI=1S/C30H30N4O3/c1-33-27(15-26(32-33)22-7-6-19-4-2-3-5-20(19)12-22)25-17-34-11-10-21(25)13-24(34)16-31-30(35)23-8-9-28-29(14-23)37-18-36-28/h2-9,12,14-15,21,24-25H,10-11,13,16-18H2,1H3,(H,31,35)/t21-,24+,25+/m0/s1. The van der Waals surface area contributed by atoms with E-state index in [0.29, 0.717) is 41.5 Å². The summed E-state index contributed by atoms with van der Waals surface area (Å²) >= 11 is 0. The highest BCUT2D eigenvalue weighted by Crippen LogP contribution is 2.42. The first-order valence-corrected chi connectivity index (χ1v) is 13.1. The SMILES string of the molecule is Cn1nc(-c2ccc3ccccc3c2)cc1[C@@H]1CN2CC[C@H]1C[C@@H]2CNC(=O)c1ccc2c(c1)OCO2. The van der Waals surface area contributed by atoms with Gasteiger partial charge in [0.1, 0.15) is 0 Å². The molecule has 7 heteroatoms. The Balaban J connectivity index is 1.04. The summed E-state index contributed by atoms with van der Waals surface area (Å²) in [5.74, 6) is 2.31. The number of rotatable bonds is 5. The summed E-state index contributed by atoms with van der Waals surface area (Å²) in [6.07, 6.45) is 2.27. The minimum absolute atomic E-state index is 0.0656. The van der Waals surface area contributed by atoms with Crippen LogP contribution in [0.4, 0.5) is 0 Å². The maximum Gasteiger partial charge on any atom is 0.251 e. The van der Waals surface area contributed by atoms with E-state index in [-0.39, 0.29) is 12.7 Å². The van der Waals surface area contributed by atoms with Crippen LogP contribution in [0.15, 0.2) is 66.7 Å². The number of ether oxygens (including phenoxy) is 2. The number of nitrogens with one attached hydrogen (secondary N) is 1. The molecule has 7 nitrogen and oxygen atoms in total. The third kappa shape index (κ3) is 4.03. The highest BCUT2D eigenvalue weighted by Gasteiger charge is 2.42. The molecule has 4 atom stereocenters. The number of amides is 1. The first kappa shape index (κ1) is 22.4. The summed E-state index contributed by atoms with van der Waals surface area (Å²) in [6, 6.07) is 23.0. The van der Waals surface area contributed by atoms with E-state index in [1.165, 1.54) is 22.9 Å². The first-order valence-electron chi connectivity index (χ1n) is 13.1. The number of aryl methyl sites for hydroxylation is 1. The van der Waals surface area contributed by atoms with Crippen molar-refractivity contribution in [1.29, 1.82) is 0 Å². The van der Waals surface area contributed by atoms with E-state index in [4.69, 9.17) is 14.6 Å². The van der Waals surface area contributed by atoms with Crippen LogP contribution in [-0.2, 0) is 7.05 Å². The van der Waals surface area contributed by atoms with E-state index in [1.54, 1.807) is 18.2 Å². The molecule has 4 aliphatic heterocycles. The van der Waals surface area contributed by atoms with Gasteiger partial charge in [-0.1, -0.05) is 36.4 Å². The molecule has 4 aromatic rings. The van der Waals surface area contributed by atoms with Gasteiger partial charge in [-0.3, -0.25) is 14.4 Å². The molecule has 0 spiro atoms. The first-order chi connectivity index (χ1) is 18.1. The number of nitrogens with zero attached hydrogens (tertiary/aromatic N) is 3. The molecule has 3 aromatic carbocycles. The van der Waals surface area contributed by atoms with E-state index < -0.39 is 0 Å². The van der Waals surface area contributed by atoms with Crippen LogP contribution in [0.25, 0.3) is 22.0 Å². The normalized spacial score (nSPS) is 23.9. The van der Waals surface area contributed by atoms with E-state index in [1.807, 2.05) is 0 Å². The summed E-state index contributed by atoms with van der Waals surface area (Å²) < 4.78 is 12.8. The molecular weight excluding hydrogens is 464 g/mol. The van der Waals surface area contributed by atoms with Crippen LogP contribution < -0.4 is 14.8 Å². The van der Waals surface area contributed by atoms with Gasteiger partial charge >= 0.3 is 0 Å². The maximum absolute atomic E-state index is 12.8. The largest absolute Gasteiger partial charge is 0.454 e. The number of hydrogen-bond donors (Lipinski definition) is 1. The predicted octanol–water partition coefficient (Wildman–Crippen LogP) is 4.58. The van der Waals surface area contributed by atoms with Gasteiger partial charge in [0, 0.05) is 48.9 Å². The van der Waals surface area contributed by atoms with Crippen molar-refractivity contribution in [3.63, 3.8) is 0 Å². The lowest BCUT2D eigenvalue weighted by Gasteiger charge is -2.50. The van der Waals surface area contributed by atoms with E-state index >= 15 is 0 Å². The summed E-state index contributed by atoms with van der Waals surface area (Å²) in [6.45, 7) is 2.96. The molecule has 2 bridgehead atoms. The lowest BCUT2D eigenvalue weighted by Crippen LogP contribution is -2.56. The van der Waals surface area contributed by atoms with Gasteiger partial charge in [0.25, 0.3) is 5.91 Å². The van der Waals surface area contributed by atoms with Crippen LogP contribution >= 0.6 is 0 Å². The van der Waals surface area contributed by atoms with Crippen molar-refractivity contribution in [2.24, 2.45) is 13.0 Å². The maximum atomic E-state index is 12.8. The molecule has 1 aromatic heterocycles. The Kier molecular flexibility index (Phi) is 5.39. The van der Waals surface area contributed by atoms with Gasteiger partial charge in [0.15, 0.2) is 11.5 Å². The zero-order chi connectivity index (χ0) is 24.9. The number of hydrogen-bond acceptors (Lipinski definition) is 5. The van der Waals surface area contributed by atoms with E-state index in [2.05, 4.69) is 70.5 Å². The molecule has 1 amide bonds. The summed E-state index contributed by atoms with van der Waals surface area (Å²) in [7, 11) is 2.07. The van der Waals surface area contributed by atoms with Gasteiger partial charge in [0.05, 0.1) is 5.69 Å². The molecule has 3 fully saturated rings. The van der Waals surface area contributed by atoms with Crippen LogP contribution in [0, 0.1) is 5.92 Å². The van der Waals surface area contributed by atoms with Crippen LogP contribution in [-0.4, -0.2) is 53.1 Å². The average Bonchev–Trinajstić information content (AvgIpc) is 3.57. The van der Waals surface area contributed by atoms with Gasteiger partial charge < -0.3 is 14.8 Å². The fraction of sp³-hybridized carbons (Fsp3) is 0.333. The predicted molar refractivity (Wildman–Crippen MR) is 142 cm³/mol. The fourth-order valence-electron chi connectivity index (χ4n) is 6.35. The molecule has 5 heterocycles. The number of aromatic nitrogens is 2. The van der Waals surface area contributed by atoms with Crippen LogP contribution in [0.3, 0.4) is 0 Å². The smallest absolute Gasteiger partial charge is 0.251 e. The van der Waals surface area contributed by atoms with E-state index in [9.17, 15) is 4.79 Å². The van der Waals surface area contributed by atoms with Crippen molar-refractivity contribution >= 4 is 16.7 Å². The number of piperidine rings is 3. The molecule has 0 saturated carbocycles. The summed E-state index contributed by atoms with van der Waals surface area (Å²) in [5.41, 5.74) is 4.10. The Hall–Kier alpha value is -3.84.